The lowest BCUT2D eigenvalue weighted by Gasteiger charge is -2.44. The van der Waals surface area contributed by atoms with Crippen molar-refractivity contribution in [2.75, 3.05) is 0 Å². The molecule has 34 heavy (non-hydrogen) atoms. The molecule has 0 radical (unpaired) electrons. The van der Waals surface area contributed by atoms with Crippen molar-refractivity contribution in [3.63, 3.8) is 0 Å². The molecule has 0 spiro atoms. The molecule has 0 aliphatic rings. The van der Waals surface area contributed by atoms with E-state index in [0.29, 0.717) is 16.3 Å². The molecule has 0 saturated carbocycles. The molecule has 3 rings (SSSR count). The summed E-state index contributed by atoms with van der Waals surface area (Å²) in [6, 6.07) is 26.7. The van der Waals surface area contributed by atoms with Gasteiger partial charge in [-0.1, -0.05) is 106 Å². The number of halogens is 1. The summed E-state index contributed by atoms with van der Waals surface area (Å²) in [5, 5.41) is 9.80. The van der Waals surface area contributed by atoms with Gasteiger partial charge in [0.15, 0.2) is 0 Å². The molecule has 5 heteroatoms. The Labute approximate surface area is 207 Å². The first-order valence-corrected chi connectivity index (χ1v) is 12.0. The Balaban J connectivity index is 2.27. The zero-order valence-electron chi connectivity index (χ0n) is 19.8. The summed E-state index contributed by atoms with van der Waals surface area (Å²) < 4.78 is 11.6. The number of para-hydroxylation sites is 1. The molecule has 0 N–H and O–H groups in total. The van der Waals surface area contributed by atoms with E-state index < -0.39 is 23.4 Å². The topological polar surface area (TPSA) is 59.3 Å². The van der Waals surface area contributed by atoms with Crippen LogP contribution in [0.25, 0.3) is 0 Å². The average Bonchev–Trinajstić information content (AvgIpc) is 2.85. The molecule has 0 aliphatic carbocycles. The fourth-order valence-corrected chi connectivity index (χ4v) is 5.32. The zero-order valence-corrected chi connectivity index (χ0v) is 20.5. The second-order valence-electron chi connectivity index (χ2n) is 8.57. The summed E-state index contributed by atoms with van der Waals surface area (Å²) in [4.78, 5) is 13.8. The number of ether oxygens (including phenoxy) is 2. The maximum absolute atomic E-state index is 13.8. The number of nitriles is 1. The fourth-order valence-electron chi connectivity index (χ4n) is 5.03. The van der Waals surface area contributed by atoms with E-state index in [9.17, 15) is 10.1 Å². The lowest BCUT2D eigenvalue weighted by atomic mass is 9.60. The molecule has 4 nitrogen and oxygen atoms in total. The van der Waals surface area contributed by atoms with Crippen molar-refractivity contribution >= 4 is 17.6 Å². The van der Waals surface area contributed by atoms with Crippen LogP contribution in [0, 0.1) is 23.4 Å². The molecule has 0 aliphatic heterocycles. The SMILES string of the molecule is CCCC(C)C(C(=O)OC#N)(c1ccccc1Cl)C(C)C(Oc1ccccc1)c1ccccc1. The van der Waals surface area contributed by atoms with Gasteiger partial charge < -0.3 is 9.47 Å². The van der Waals surface area contributed by atoms with Crippen molar-refractivity contribution in [2.24, 2.45) is 11.8 Å². The summed E-state index contributed by atoms with van der Waals surface area (Å²) in [6.45, 7) is 6.07. The van der Waals surface area contributed by atoms with Crippen molar-refractivity contribution in [3.05, 3.63) is 101 Å². The summed E-state index contributed by atoms with van der Waals surface area (Å²) in [7, 11) is 0. The van der Waals surface area contributed by atoms with Crippen LogP contribution in [0.2, 0.25) is 5.02 Å². The summed E-state index contributed by atoms with van der Waals surface area (Å²) in [5.41, 5.74) is 0.339. The number of esters is 1. The van der Waals surface area contributed by atoms with Gasteiger partial charge in [-0.25, -0.2) is 4.79 Å². The molecule has 3 aromatic carbocycles. The van der Waals surface area contributed by atoms with E-state index >= 15 is 0 Å². The monoisotopic (exact) mass is 475 g/mol. The Morgan fingerprint density at radius 1 is 0.971 bits per heavy atom. The number of hydrogen-bond donors (Lipinski definition) is 0. The van der Waals surface area contributed by atoms with Gasteiger partial charge in [-0.05, 0) is 41.7 Å². The van der Waals surface area contributed by atoms with Crippen LogP contribution in [0.15, 0.2) is 84.9 Å². The van der Waals surface area contributed by atoms with E-state index in [1.165, 1.54) is 0 Å². The maximum Gasteiger partial charge on any atom is 0.332 e. The van der Waals surface area contributed by atoms with Crippen molar-refractivity contribution in [1.29, 1.82) is 5.26 Å². The number of carbonyl (C=O) groups is 1. The third-order valence-corrected chi connectivity index (χ3v) is 6.93. The van der Waals surface area contributed by atoms with Crippen molar-refractivity contribution in [3.8, 4) is 12.0 Å². The third-order valence-electron chi connectivity index (χ3n) is 6.60. The van der Waals surface area contributed by atoms with Crippen LogP contribution in [0.5, 0.6) is 5.75 Å². The predicted molar refractivity (Wildman–Crippen MR) is 134 cm³/mol. The molecule has 0 fully saturated rings. The molecular formula is C29H30ClNO3. The summed E-state index contributed by atoms with van der Waals surface area (Å²) in [5.74, 6) is -0.543. The minimum Gasteiger partial charge on any atom is -0.485 e. The quantitative estimate of drug-likeness (QED) is 0.225. The van der Waals surface area contributed by atoms with E-state index in [0.717, 1.165) is 18.4 Å². The predicted octanol–water partition coefficient (Wildman–Crippen LogP) is 7.49. The second kappa shape index (κ2) is 11.7. The summed E-state index contributed by atoms with van der Waals surface area (Å²) in [6.07, 6.45) is 2.70. The Morgan fingerprint density at radius 3 is 2.15 bits per heavy atom. The number of nitrogens with zero attached hydrogens (tertiary/aromatic N) is 1. The average molecular weight is 476 g/mol. The van der Waals surface area contributed by atoms with Gasteiger partial charge in [0.05, 0.1) is 0 Å². The minimum atomic E-state index is -1.22. The molecule has 0 bridgehead atoms. The van der Waals surface area contributed by atoms with E-state index in [2.05, 4.69) is 6.92 Å². The Hall–Kier alpha value is -3.29. The first-order chi connectivity index (χ1) is 16.5. The van der Waals surface area contributed by atoms with Crippen molar-refractivity contribution < 1.29 is 14.3 Å². The van der Waals surface area contributed by atoms with Crippen molar-refractivity contribution in [1.82, 2.24) is 0 Å². The molecule has 0 amide bonds. The molecule has 4 atom stereocenters. The van der Waals surface area contributed by atoms with Crippen LogP contribution >= 0.6 is 11.6 Å². The van der Waals surface area contributed by atoms with Gasteiger partial charge in [0, 0.05) is 10.9 Å². The lowest BCUT2D eigenvalue weighted by Crippen LogP contribution is -2.51. The van der Waals surface area contributed by atoms with Crippen LogP contribution in [0.1, 0.15) is 50.8 Å². The van der Waals surface area contributed by atoms with Crippen molar-refractivity contribution in [2.45, 2.75) is 45.1 Å². The standard InChI is InChI=1S/C29H30ClNO3/c1-4-13-21(2)29(28(32)33-20-31,25-18-11-12-19-26(25)30)22(3)27(23-14-7-5-8-15-23)34-24-16-9-6-10-17-24/h5-12,14-19,21-22,27H,4,13H2,1-3H3. The van der Waals surface area contributed by atoms with Crippen LogP contribution in [0.4, 0.5) is 0 Å². The highest BCUT2D eigenvalue weighted by Gasteiger charge is 2.55. The van der Waals surface area contributed by atoms with Gasteiger partial charge >= 0.3 is 5.97 Å². The van der Waals surface area contributed by atoms with Crippen LogP contribution < -0.4 is 4.74 Å². The van der Waals surface area contributed by atoms with Gasteiger partial charge in [-0.15, -0.1) is 5.26 Å². The molecular weight excluding hydrogens is 446 g/mol. The Bertz CT molecular complexity index is 1110. The van der Waals surface area contributed by atoms with Gasteiger partial charge in [-0.3, -0.25) is 0 Å². The normalized spacial score (nSPS) is 15.3. The molecule has 4 unspecified atom stereocenters. The van der Waals surface area contributed by atoms with E-state index in [1.807, 2.05) is 92.7 Å². The molecule has 176 valence electrons. The van der Waals surface area contributed by atoms with E-state index in [4.69, 9.17) is 21.1 Å². The van der Waals surface area contributed by atoms with Gasteiger partial charge in [-0.2, -0.15) is 0 Å². The highest BCUT2D eigenvalue weighted by Crippen LogP contribution is 2.50. The van der Waals surface area contributed by atoms with Crippen LogP contribution in [-0.4, -0.2) is 5.97 Å². The molecule has 0 saturated heterocycles. The number of carbonyl (C=O) groups excluding carboxylic acids is 1. The Kier molecular flexibility index (Phi) is 8.73. The lowest BCUT2D eigenvalue weighted by molar-refractivity contribution is -0.151. The van der Waals surface area contributed by atoms with Crippen LogP contribution in [0.3, 0.4) is 0 Å². The number of benzene rings is 3. The number of hydrogen-bond acceptors (Lipinski definition) is 4. The molecule has 0 aromatic heterocycles. The smallest absolute Gasteiger partial charge is 0.332 e. The molecule has 3 aromatic rings. The van der Waals surface area contributed by atoms with Gasteiger partial charge in [0.2, 0.25) is 0 Å². The largest absolute Gasteiger partial charge is 0.485 e. The highest BCUT2D eigenvalue weighted by atomic mass is 35.5. The highest BCUT2D eigenvalue weighted by molar-refractivity contribution is 6.31. The van der Waals surface area contributed by atoms with E-state index in [-0.39, 0.29) is 5.92 Å². The van der Waals surface area contributed by atoms with Gasteiger partial charge in [0.25, 0.3) is 6.26 Å². The zero-order chi connectivity index (χ0) is 24.6. The first-order valence-electron chi connectivity index (χ1n) is 11.6. The van der Waals surface area contributed by atoms with Gasteiger partial charge in [0.1, 0.15) is 17.3 Å². The fraction of sp³-hybridized carbons (Fsp3) is 0.310. The Morgan fingerprint density at radius 2 is 1.56 bits per heavy atom. The second-order valence-corrected chi connectivity index (χ2v) is 8.98. The number of rotatable bonds is 10. The van der Waals surface area contributed by atoms with Crippen LogP contribution in [-0.2, 0) is 14.9 Å². The van der Waals surface area contributed by atoms with E-state index in [1.54, 1.807) is 12.3 Å². The first kappa shape index (κ1) is 25.3. The maximum atomic E-state index is 13.8. The third kappa shape index (κ3) is 5.11. The minimum absolute atomic E-state index is 0.182. The molecule has 0 heterocycles. The summed E-state index contributed by atoms with van der Waals surface area (Å²) >= 11 is 6.72.